The maximum atomic E-state index is 13.0. The van der Waals surface area contributed by atoms with E-state index in [0.717, 1.165) is 12.8 Å². The summed E-state index contributed by atoms with van der Waals surface area (Å²) < 4.78 is 28.1. The first-order chi connectivity index (χ1) is 9.73. The second kappa shape index (κ2) is 7.56. The third-order valence-corrected chi connectivity index (χ3v) is 5.71. The van der Waals surface area contributed by atoms with Crippen LogP contribution < -0.4 is 5.73 Å². The molecule has 0 saturated heterocycles. The fourth-order valence-electron chi connectivity index (χ4n) is 2.26. The van der Waals surface area contributed by atoms with E-state index in [1.807, 2.05) is 27.7 Å². The van der Waals surface area contributed by atoms with Crippen molar-refractivity contribution in [3.63, 3.8) is 0 Å². The molecule has 0 radical (unpaired) electrons. The van der Waals surface area contributed by atoms with Gasteiger partial charge in [0, 0.05) is 23.3 Å². The molecule has 1 heterocycles. The number of sulfonamides is 1. The SMILES string of the molecule is CCC(CC)N(CC(C)C)S(=O)(=O)c1cc(Br)cnc1N. The molecule has 0 unspecified atom stereocenters. The Morgan fingerprint density at radius 1 is 1.33 bits per heavy atom. The first-order valence-electron chi connectivity index (χ1n) is 7.16. The molecule has 0 atom stereocenters. The molecule has 0 aromatic carbocycles. The molecule has 0 amide bonds. The summed E-state index contributed by atoms with van der Waals surface area (Å²) in [5.41, 5.74) is 5.79. The molecule has 120 valence electrons. The van der Waals surface area contributed by atoms with Gasteiger partial charge in [0.25, 0.3) is 0 Å². The Labute approximate surface area is 136 Å². The Morgan fingerprint density at radius 3 is 2.38 bits per heavy atom. The minimum atomic E-state index is -3.66. The number of nitrogens with two attached hydrogens (primary N) is 1. The highest BCUT2D eigenvalue weighted by Gasteiger charge is 2.32. The van der Waals surface area contributed by atoms with E-state index in [-0.39, 0.29) is 22.7 Å². The number of nitrogens with zero attached hydrogens (tertiary/aromatic N) is 2. The highest BCUT2D eigenvalue weighted by atomic mass is 79.9. The van der Waals surface area contributed by atoms with Crippen LogP contribution in [0.3, 0.4) is 0 Å². The van der Waals surface area contributed by atoms with Crippen LogP contribution in [0.5, 0.6) is 0 Å². The number of nitrogen functional groups attached to an aromatic ring is 1. The zero-order chi connectivity index (χ0) is 16.2. The topological polar surface area (TPSA) is 76.3 Å². The summed E-state index contributed by atoms with van der Waals surface area (Å²) in [5.74, 6) is 0.277. The summed E-state index contributed by atoms with van der Waals surface area (Å²) in [5, 5.41) is 0. The Kier molecular flexibility index (Phi) is 6.62. The first-order valence-corrected chi connectivity index (χ1v) is 9.40. The van der Waals surface area contributed by atoms with E-state index in [4.69, 9.17) is 5.73 Å². The van der Waals surface area contributed by atoms with Gasteiger partial charge in [-0.3, -0.25) is 0 Å². The molecular weight excluding hydrogens is 354 g/mol. The smallest absolute Gasteiger partial charge is 0.247 e. The lowest BCUT2D eigenvalue weighted by atomic mass is 10.1. The zero-order valence-corrected chi connectivity index (χ0v) is 15.4. The maximum Gasteiger partial charge on any atom is 0.247 e. The van der Waals surface area contributed by atoms with Gasteiger partial charge < -0.3 is 5.73 Å². The fraction of sp³-hybridized carbons (Fsp3) is 0.643. The monoisotopic (exact) mass is 377 g/mol. The molecule has 2 N–H and O–H groups in total. The third kappa shape index (κ3) is 4.40. The van der Waals surface area contributed by atoms with Crippen molar-refractivity contribution >= 4 is 31.8 Å². The molecule has 0 spiro atoms. The van der Waals surface area contributed by atoms with Crippen molar-refractivity contribution in [3.05, 3.63) is 16.7 Å². The van der Waals surface area contributed by atoms with Gasteiger partial charge in [0.2, 0.25) is 10.0 Å². The quantitative estimate of drug-likeness (QED) is 0.790. The normalized spacial score (nSPS) is 12.6. The van der Waals surface area contributed by atoms with Crippen LogP contribution in [-0.4, -0.2) is 30.3 Å². The predicted octanol–water partition coefficient (Wildman–Crippen LogP) is 3.26. The van der Waals surface area contributed by atoms with Gasteiger partial charge in [0.05, 0.1) is 0 Å². The van der Waals surface area contributed by atoms with Crippen LogP contribution >= 0.6 is 15.9 Å². The van der Waals surface area contributed by atoms with E-state index in [0.29, 0.717) is 11.0 Å². The van der Waals surface area contributed by atoms with E-state index < -0.39 is 10.0 Å². The average Bonchev–Trinajstić information content (AvgIpc) is 2.41. The van der Waals surface area contributed by atoms with Gasteiger partial charge in [0.1, 0.15) is 10.7 Å². The standard InChI is InChI=1S/C14H24BrN3O2S/c1-5-12(6-2)18(9-10(3)4)21(19,20)13-7-11(15)8-17-14(13)16/h7-8,10,12H,5-6,9H2,1-4H3,(H2,16,17). The lowest BCUT2D eigenvalue weighted by Crippen LogP contribution is -2.42. The molecule has 0 saturated carbocycles. The van der Waals surface area contributed by atoms with Crippen LogP contribution in [0.25, 0.3) is 0 Å². The molecular formula is C14H24BrN3O2S. The van der Waals surface area contributed by atoms with Gasteiger partial charge in [-0.1, -0.05) is 27.7 Å². The highest BCUT2D eigenvalue weighted by molar-refractivity contribution is 9.10. The molecule has 0 fully saturated rings. The number of hydrogen-bond donors (Lipinski definition) is 1. The van der Waals surface area contributed by atoms with Crippen molar-refractivity contribution < 1.29 is 8.42 Å². The Hall–Kier alpha value is -0.660. The summed E-state index contributed by atoms with van der Waals surface area (Å²) in [6, 6.07) is 1.49. The molecule has 0 aliphatic heterocycles. The summed E-state index contributed by atoms with van der Waals surface area (Å²) in [6.45, 7) is 8.49. The Morgan fingerprint density at radius 2 is 1.90 bits per heavy atom. The van der Waals surface area contributed by atoms with Gasteiger partial charge in [-0.05, 0) is 40.8 Å². The average molecular weight is 378 g/mol. The van der Waals surface area contributed by atoms with Gasteiger partial charge in [-0.15, -0.1) is 0 Å². The van der Waals surface area contributed by atoms with E-state index in [1.165, 1.54) is 12.3 Å². The molecule has 0 aliphatic rings. The number of aromatic nitrogens is 1. The second-order valence-corrected chi connectivity index (χ2v) is 8.25. The van der Waals surface area contributed by atoms with E-state index in [2.05, 4.69) is 20.9 Å². The minimum absolute atomic E-state index is 0.0317. The fourth-order valence-corrected chi connectivity index (χ4v) is 4.78. The van der Waals surface area contributed by atoms with Crippen molar-refractivity contribution in [2.24, 2.45) is 5.92 Å². The summed E-state index contributed by atoms with van der Waals surface area (Å²) in [7, 11) is -3.66. The lowest BCUT2D eigenvalue weighted by molar-refractivity contribution is 0.277. The summed E-state index contributed by atoms with van der Waals surface area (Å²) in [6.07, 6.45) is 3.03. The van der Waals surface area contributed by atoms with Crippen LogP contribution in [0.4, 0.5) is 5.82 Å². The maximum absolute atomic E-state index is 13.0. The number of hydrogen-bond acceptors (Lipinski definition) is 4. The molecule has 0 aliphatic carbocycles. The van der Waals surface area contributed by atoms with Crippen LogP contribution in [-0.2, 0) is 10.0 Å². The lowest BCUT2D eigenvalue weighted by Gasteiger charge is -2.31. The second-order valence-electron chi connectivity index (χ2n) is 5.48. The van der Waals surface area contributed by atoms with Gasteiger partial charge in [-0.25, -0.2) is 13.4 Å². The van der Waals surface area contributed by atoms with Crippen molar-refractivity contribution in [2.45, 2.75) is 51.5 Å². The van der Waals surface area contributed by atoms with Crippen LogP contribution in [0.15, 0.2) is 21.6 Å². The molecule has 7 heteroatoms. The molecule has 1 rings (SSSR count). The molecule has 5 nitrogen and oxygen atoms in total. The van der Waals surface area contributed by atoms with Crippen LogP contribution in [0, 0.1) is 5.92 Å². The van der Waals surface area contributed by atoms with E-state index in [1.54, 1.807) is 4.31 Å². The van der Waals surface area contributed by atoms with Crippen LogP contribution in [0.1, 0.15) is 40.5 Å². The number of pyridine rings is 1. The largest absolute Gasteiger partial charge is 0.383 e. The predicted molar refractivity (Wildman–Crippen MR) is 89.4 cm³/mol. The number of anilines is 1. The molecule has 21 heavy (non-hydrogen) atoms. The van der Waals surface area contributed by atoms with Crippen molar-refractivity contribution in [2.75, 3.05) is 12.3 Å². The van der Waals surface area contributed by atoms with Crippen LogP contribution in [0.2, 0.25) is 0 Å². The Bertz CT molecular complexity index is 572. The zero-order valence-electron chi connectivity index (χ0n) is 13.0. The minimum Gasteiger partial charge on any atom is -0.383 e. The number of rotatable bonds is 7. The third-order valence-electron chi connectivity index (χ3n) is 3.33. The highest BCUT2D eigenvalue weighted by Crippen LogP contribution is 2.27. The van der Waals surface area contributed by atoms with E-state index >= 15 is 0 Å². The van der Waals surface area contributed by atoms with Crippen molar-refractivity contribution in [1.82, 2.24) is 9.29 Å². The van der Waals surface area contributed by atoms with Crippen molar-refractivity contribution in [3.8, 4) is 0 Å². The first kappa shape index (κ1) is 18.4. The van der Waals surface area contributed by atoms with Crippen molar-refractivity contribution in [1.29, 1.82) is 0 Å². The number of halogens is 1. The van der Waals surface area contributed by atoms with Gasteiger partial charge in [-0.2, -0.15) is 4.31 Å². The van der Waals surface area contributed by atoms with E-state index in [9.17, 15) is 8.42 Å². The molecule has 1 aromatic heterocycles. The molecule has 1 aromatic rings. The molecule has 0 bridgehead atoms. The summed E-state index contributed by atoms with van der Waals surface area (Å²) in [4.78, 5) is 4.02. The van der Waals surface area contributed by atoms with Gasteiger partial charge >= 0.3 is 0 Å². The Balaban J connectivity index is 3.35. The van der Waals surface area contributed by atoms with Gasteiger partial charge in [0.15, 0.2) is 0 Å². The summed E-state index contributed by atoms with van der Waals surface area (Å²) >= 11 is 3.26.